The van der Waals surface area contributed by atoms with Gasteiger partial charge in [0.05, 0.1) is 12.0 Å². The minimum atomic E-state index is -3.60. The Morgan fingerprint density at radius 2 is 1.77 bits per heavy atom. The number of anilines is 1. The third kappa shape index (κ3) is 3.49. The average Bonchev–Trinajstić information content (AvgIpc) is 2.68. The van der Waals surface area contributed by atoms with Gasteiger partial charge in [-0.05, 0) is 36.4 Å². The number of hydrogen-bond acceptors (Lipinski definition) is 6. The van der Waals surface area contributed by atoms with E-state index in [0.29, 0.717) is 24.7 Å². The smallest absolute Gasteiger partial charge is 0.339 e. The van der Waals surface area contributed by atoms with Crippen LogP contribution in [0.5, 0.6) is 5.75 Å². The number of carbonyl (C=O) groups is 1. The van der Waals surface area contributed by atoms with E-state index in [1.54, 1.807) is 23.1 Å². The number of carboxylic acid groups (broad SMARTS) is 1. The maximum atomic E-state index is 12.8. The van der Waals surface area contributed by atoms with E-state index in [2.05, 4.69) is 4.98 Å². The second-order valence-electron chi connectivity index (χ2n) is 5.75. The Morgan fingerprint density at radius 1 is 1.12 bits per heavy atom. The van der Waals surface area contributed by atoms with Crippen molar-refractivity contribution < 1.29 is 23.1 Å². The van der Waals surface area contributed by atoms with Crippen LogP contribution < -0.4 is 9.64 Å². The lowest BCUT2D eigenvalue weighted by molar-refractivity contribution is 0.0697. The molecule has 0 aliphatic carbocycles. The number of carboxylic acids is 1. The van der Waals surface area contributed by atoms with Crippen molar-refractivity contribution in [3.63, 3.8) is 0 Å². The van der Waals surface area contributed by atoms with E-state index in [-0.39, 0.29) is 23.5 Å². The average molecular weight is 377 g/mol. The molecule has 1 aliphatic rings. The summed E-state index contributed by atoms with van der Waals surface area (Å²) in [6, 6.07) is 9.30. The first-order valence-corrected chi connectivity index (χ1v) is 9.45. The monoisotopic (exact) mass is 377 g/mol. The van der Waals surface area contributed by atoms with Crippen molar-refractivity contribution in [1.82, 2.24) is 9.29 Å². The Hall–Kier alpha value is -2.65. The fraction of sp³-hybridized carbons (Fsp3) is 0.294. The zero-order chi connectivity index (χ0) is 18.7. The van der Waals surface area contributed by atoms with Crippen LogP contribution in [0.15, 0.2) is 47.5 Å². The first-order valence-electron chi connectivity index (χ1n) is 8.01. The third-order valence-electron chi connectivity index (χ3n) is 4.25. The Labute approximate surface area is 151 Å². The van der Waals surface area contributed by atoms with Crippen LogP contribution in [-0.2, 0) is 10.0 Å². The number of benzene rings is 1. The molecule has 1 N–H and O–H groups in total. The Kier molecular flexibility index (Phi) is 5.10. The lowest BCUT2D eigenvalue weighted by Crippen LogP contribution is -2.49. The second-order valence-corrected chi connectivity index (χ2v) is 7.68. The number of nitrogens with zero attached hydrogens (tertiary/aromatic N) is 3. The van der Waals surface area contributed by atoms with Crippen LogP contribution >= 0.6 is 0 Å². The third-order valence-corrected chi connectivity index (χ3v) is 6.17. The quantitative estimate of drug-likeness (QED) is 0.838. The normalized spacial score (nSPS) is 15.7. The summed E-state index contributed by atoms with van der Waals surface area (Å²) in [5.41, 5.74) is 0.110. The molecule has 0 unspecified atom stereocenters. The lowest BCUT2D eigenvalue weighted by Gasteiger charge is -2.35. The van der Waals surface area contributed by atoms with Crippen LogP contribution in [0.25, 0.3) is 0 Å². The predicted octanol–water partition coefficient (Wildman–Crippen LogP) is 1.30. The Bertz CT molecular complexity index is 891. The van der Waals surface area contributed by atoms with Gasteiger partial charge in [0.15, 0.2) is 0 Å². The van der Waals surface area contributed by atoms with Crippen LogP contribution in [0.2, 0.25) is 0 Å². The highest BCUT2D eigenvalue weighted by atomic mass is 32.2. The van der Waals surface area contributed by atoms with E-state index in [9.17, 15) is 18.3 Å². The summed E-state index contributed by atoms with van der Waals surface area (Å²) in [6.07, 6.45) is 1.53. The van der Waals surface area contributed by atoms with Gasteiger partial charge in [0.1, 0.15) is 17.1 Å². The number of piperazine rings is 1. The van der Waals surface area contributed by atoms with E-state index in [0.717, 1.165) is 0 Å². The molecule has 9 heteroatoms. The summed E-state index contributed by atoms with van der Waals surface area (Å²) in [7, 11) is -2.09. The highest BCUT2D eigenvalue weighted by molar-refractivity contribution is 7.89. The fourth-order valence-corrected chi connectivity index (χ4v) is 4.28. The molecular weight excluding hydrogens is 358 g/mol. The molecule has 1 saturated heterocycles. The van der Waals surface area contributed by atoms with E-state index in [1.807, 2.05) is 0 Å². The largest absolute Gasteiger partial charge is 0.497 e. The zero-order valence-electron chi connectivity index (χ0n) is 14.2. The van der Waals surface area contributed by atoms with Gasteiger partial charge in [-0.25, -0.2) is 18.2 Å². The molecule has 3 rings (SSSR count). The van der Waals surface area contributed by atoms with Gasteiger partial charge in [0.25, 0.3) is 0 Å². The van der Waals surface area contributed by atoms with Gasteiger partial charge in [-0.15, -0.1) is 0 Å². The van der Waals surface area contributed by atoms with Crippen molar-refractivity contribution >= 4 is 21.8 Å². The first kappa shape index (κ1) is 18.2. The number of aromatic nitrogens is 1. The van der Waals surface area contributed by atoms with Crippen LogP contribution in [0.4, 0.5) is 5.82 Å². The molecule has 2 heterocycles. The molecule has 1 aromatic heterocycles. The van der Waals surface area contributed by atoms with Gasteiger partial charge in [-0.3, -0.25) is 0 Å². The maximum Gasteiger partial charge on any atom is 0.339 e. The van der Waals surface area contributed by atoms with E-state index in [4.69, 9.17) is 4.74 Å². The number of aromatic carboxylic acids is 1. The molecule has 0 spiro atoms. The lowest BCUT2D eigenvalue weighted by atomic mass is 10.2. The number of methoxy groups -OCH3 is 1. The molecule has 138 valence electrons. The molecule has 0 radical (unpaired) electrons. The van der Waals surface area contributed by atoms with Crippen molar-refractivity contribution in [3.8, 4) is 5.75 Å². The van der Waals surface area contributed by atoms with Crippen LogP contribution in [0, 0.1) is 0 Å². The summed E-state index contributed by atoms with van der Waals surface area (Å²) < 4.78 is 32.0. The number of ether oxygens (including phenoxy) is 1. The molecule has 8 nitrogen and oxygen atoms in total. The maximum absolute atomic E-state index is 12.8. The summed E-state index contributed by atoms with van der Waals surface area (Å²) in [6.45, 7) is 1.24. The van der Waals surface area contributed by atoms with Crippen molar-refractivity contribution in [1.29, 1.82) is 0 Å². The van der Waals surface area contributed by atoms with E-state index in [1.165, 1.54) is 35.8 Å². The van der Waals surface area contributed by atoms with Crippen LogP contribution in [0.3, 0.4) is 0 Å². The topological polar surface area (TPSA) is 100 Å². The molecule has 2 aromatic rings. The summed E-state index contributed by atoms with van der Waals surface area (Å²) in [5, 5.41) is 9.29. The van der Waals surface area contributed by atoms with Gasteiger partial charge < -0.3 is 14.7 Å². The first-order chi connectivity index (χ1) is 12.4. The molecule has 1 fully saturated rings. The fourth-order valence-electron chi connectivity index (χ4n) is 2.85. The van der Waals surface area contributed by atoms with Gasteiger partial charge in [-0.2, -0.15) is 4.31 Å². The van der Waals surface area contributed by atoms with E-state index < -0.39 is 16.0 Å². The summed E-state index contributed by atoms with van der Waals surface area (Å²) in [5.74, 6) is -0.104. The van der Waals surface area contributed by atoms with Crippen molar-refractivity contribution in [2.45, 2.75) is 4.90 Å². The second kappa shape index (κ2) is 7.30. The van der Waals surface area contributed by atoms with Crippen molar-refractivity contribution in [2.75, 3.05) is 38.2 Å². The zero-order valence-corrected chi connectivity index (χ0v) is 15.0. The van der Waals surface area contributed by atoms with Gasteiger partial charge in [0, 0.05) is 32.4 Å². The molecule has 0 saturated carbocycles. The molecule has 0 atom stereocenters. The number of sulfonamides is 1. The molecule has 0 amide bonds. The SMILES string of the molecule is COc1ccc(S(=O)(=O)N2CCN(c3ncccc3C(=O)O)CC2)cc1. The van der Waals surface area contributed by atoms with Crippen molar-refractivity contribution in [2.24, 2.45) is 0 Å². The van der Waals surface area contributed by atoms with Gasteiger partial charge >= 0.3 is 5.97 Å². The Morgan fingerprint density at radius 3 is 2.35 bits per heavy atom. The van der Waals surface area contributed by atoms with Gasteiger partial charge in [0.2, 0.25) is 10.0 Å². The molecule has 0 bridgehead atoms. The molecule has 26 heavy (non-hydrogen) atoms. The standard InChI is InChI=1S/C17H19N3O5S/c1-25-13-4-6-14(7-5-13)26(23,24)20-11-9-19(10-12-20)16-15(17(21)22)3-2-8-18-16/h2-8H,9-12H2,1H3,(H,21,22). The minimum Gasteiger partial charge on any atom is -0.497 e. The predicted molar refractivity (Wildman–Crippen MR) is 95.2 cm³/mol. The Balaban J connectivity index is 1.74. The molecule has 1 aromatic carbocycles. The number of hydrogen-bond donors (Lipinski definition) is 1. The number of rotatable bonds is 5. The summed E-state index contributed by atoms with van der Waals surface area (Å²) in [4.78, 5) is 17.5. The highest BCUT2D eigenvalue weighted by Gasteiger charge is 2.30. The molecule has 1 aliphatic heterocycles. The van der Waals surface area contributed by atoms with Gasteiger partial charge in [-0.1, -0.05) is 0 Å². The van der Waals surface area contributed by atoms with E-state index >= 15 is 0 Å². The van der Waals surface area contributed by atoms with Crippen molar-refractivity contribution in [3.05, 3.63) is 48.2 Å². The molecular formula is C17H19N3O5S. The number of pyridine rings is 1. The summed E-state index contributed by atoms with van der Waals surface area (Å²) >= 11 is 0. The minimum absolute atomic E-state index is 0.110. The van der Waals surface area contributed by atoms with Crippen LogP contribution in [0.1, 0.15) is 10.4 Å². The highest BCUT2D eigenvalue weighted by Crippen LogP contribution is 2.23. The van der Waals surface area contributed by atoms with Crippen LogP contribution in [-0.4, -0.2) is 62.1 Å².